The predicted octanol–water partition coefficient (Wildman–Crippen LogP) is 6.11. The number of hydrogen-bond acceptors (Lipinski definition) is 2. The molecule has 0 aliphatic heterocycles. The largest absolute Gasteiger partial charge is 0.333 e. The van der Waals surface area contributed by atoms with E-state index in [-0.39, 0.29) is 11.6 Å². The van der Waals surface area contributed by atoms with Crippen LogP contribution in [0.1, 0.15) is 37.4 Å². The molecule has 0 aliphatic rings. The van der Waals surface area contributed by atoms with E-state index in [9.17, 15) is 17.2 Å². The van der Waals surface area contributed by atoms with Gasteiger partial charge in [-0.3, -0.25) is 4.72 Å². The number of halogens is 3. The molecule has 3 aromatic rings. The normalized spacial score (nSPS) is 12.3. The summed E-state index contributed by atoms with van der Waals surface area (Å²) in [6, 6.07) is 10.5. The molecule has 0 saturated carbocycles. The molecule has 2 aromatic carbocycles. The smallest absolute Gasteiger partial charge is 0.264 e. The van der Waals surface area contributed by atoms with E-state index in [0.717, 1.165) is 32.0 Å². The van der Waals surface area contributed by atoms with Crippen molar-refractivity contribution in [3.8, 4) is 11.1 Å². The van der Waals surface area contributed by atoms with Gasteiger partial charge in [0.2, 0.25) is 10.0 Å². The molecule has 0 amide bonds. The van der Waals surface area contributed by atoms with Crippen molar-refractivity contribution < 1.29 is 17.2 Å². The third kappa shape index (κ3) is 4.03. The van der Waals surface area contributed by atoms with Crippen LogP contribution in [0.5, 0.6) is 0 Å². The molecule has 0 radical (unpaired) electrons. The molecule has 0 fully saturated rings. The Kier molecular flexibility index (Phi) is 5.73. The fraction of sp³-hybridized carbons (Fsp3) is 0.300. The van der Waals surface area contributed by atoms with E-state index in [1.165, 1.54) is 6.07 Å². The summed E-state index contributed by atoms with van der Waals surface area (Å²) in [6.07, 6.45) is -1.39. The number of aryl methyl sites for hydroxylation is 1. The topological polar surface area (TPSA) is 51.1 Å². The molecule has 0 unspecified atom stereocenters. The van der Waals surface area contributed by atoms with Crippen molar-refractivity contribution in [2.75, 3.05) is 11.0 Å². The van der Waals surface area contributed by atoms with Crippen LogP contribution in [0.25, 0.3) is 22.0 Å². The summed E-state index contributed by atoms with van der Waals surface area (Å²) in [5.41, 5.74) is 3.77. The number of fused-ring (bicyclic) bond motifs is 1. The summed E-state index contributed by atoms with van der Waals surface area (Å²) in [6.45, 7) is 5.79. The maximum Gasteiger partial charge on any atom is 0.264 e. The van der Waals surface area contributed by atoms with Crippen molar-refractivity contribution in [1.29, 1.82) is 0 Å². The second-order valence-electron chi connectivity index (χ2n) is 7.11. The Balaban J connectivity index is 2.26. The zero-order chi connectivity index (χ0) is 20.8. The van der Waals surface area contributed by atoms with Gasteiger partial charge >= 0.3 is 0 Å². The minimum atomic E-state index is -3.39. The molecular formula is C20H21F2IN2O2S. The second kappa shape index (κ2) is 7.62. The molecule has 1 N–H and O–H groups in total. The standard InChI is InChI=1S/C20H21F2IN2O2S/c1-11(2)25-17-10-14(24-28(4,26)27)6-8-16(17)18(20(25)23)13-5-7-15(19(21)22)12(3)9-13/h5-11,19,24H,1-4H3. The fourth-order valence-electron chi connectivity index (χ4n) is 3.41. The first kappa shape index (κ1) is 21.0. The zero-order valence-corrected chi connectivity index (χ0v) is 18.9. The van der Waals surface area contributed by atoms with E-state index in [0.29, 0.717) is 11.3 Å². The van der Waals surface area contributed by atoms with Crippen LogP contribution in [0.2, 0.25) is 0 Å². The Morgan fingerprint density at radius 2 is 1.79 bits per heavy atom. The fourth-order valence-corrected chi connectivity index (χ4v) is 5.39. The lowest BCUT2D eigenvalue weighted by Gasteiger charge is -2.13. The average molecular weight is 518 g/mol. The third-order valence-electron chi connectivity index (χ3n) is 4.56. The van der Waals surface area contributed by atoms with Gasteiger partial charge in [-0.1, -0.05) is 24.3 Å². The third-order valence-corrected chi connectivity index (χ3v) is 6.22. The van der Waals surface area contributed by atoms with Crippen LogP contribution in [0.3, 0.4) is 0 Å². The summed E-state index contributed by atoms with van der Waals surface area (Å²) in [5, 5.41) is 0.946. The van der Waals surface area contributed by atoms with Crippen LogP contribution < -0.4 is 4.72 Å². The number of alkyl halides is 2. The molecule has 0 saturated heterocycles. The van der Waals surface area contributed by atoms with E-state index in [1.54, 1.807) is 25.1 Å². The van der Waals surface area contributed by atoms with Gasteiger partial charge in [0, 0.05) is 22.6 Å². The lowest BCUT2D eigenvalue weighted by molar-refractivity contribution is 0.150. The molecule has 0 atom stereocenters. The van der Waals surface area contributed by atoms with Crippen LogP contribution in [-0.2, 0) is 10.0 Å². The van der Waals surface area contributed by atoms with Crippen molar-refractivity contribution in [2.24, 2.45) is 0 Å². The van der Waals surface area contributed by atoms with Crippen molar-refractivity contribution in [2.45, 2.75) is 33.2 Å². The maximum atomic E-state index is 13.1. The Morgan fingerprint density at radius 3 is 2.32 bits per heavy atom. The number of rotatable bonds is 5. The van der Waals surface area contributed by atoms with Crippen LogP contribution in [0.15, 0.2) is 36.4 Å². The minimum Gasteiger partial charge on any atom is -0.333 e. The minimum absolute atomic E-state index is 0.0333. The highest BCUT2D eigenvalue weighted by molar-refractivity contribution is 14.1. The van der Waals surface area contributed by atoms with Gasteiger partial charge in [-0.05, 0) is 66.6 Å². The molecule has 28 heavy (non-hydrogen) atoms. The van der Waals surface area contributed by atoms with Crippen molar-refractivity contribution in [1.82, 2.24) is 4.57 Å². The van der Waals surface area contributed by atoms with E-state index in [1.807, 2.05) is 26.0 Å². The van der Waals surface area contributed by atoms with Gasteiger partial charge in [0.25, 0.3) is 6.43 Å². The summed E-state index contributed by atoms with van der Waals surface area (Å²) in [5.74, 6) is 0. The number of hydrogen-bond donors (Lipinski definition) is 1. The van der Waals surface area contributed by atoms with E-state index < -0.39 is 16.4 Å². The molecule has 8 heteroatoms. The lowest BCUT2D eigenvalue weighted by Crippen LogP contribution is -2.09. The molecule has 1 aromatic heterocycles. The highest BCUT2D eigenvalue weighted by Crippen LogP contribution is 2.40. The van der Waals surface area contributed by atoms with Gasteiger partial charge in [-0.2, -0.15) is 0 Å². The Hall–Kier alpha value is -1.68. The first-order valence-corrected chi connectivity index (χ1v) is 11.7. The molecule has 150 valence electrons. The first-order chi connectivity index (χ1) is 13.0. The number of nitrogens with one attached hydrogen (secondary N) is 1. The summed E-state index contributed by atoms with van der Waals surface area (Å²) in [4.78, 5) is 0. The number of benzene rings is 2. The van der Waals surface area contributed by atoms with Crippen LogP contribution in [-0.4, -0.2) is 19.2 Å². The van der Waals surface area contributed by atoms with Gasteiger partial charge in [0.1, 0.15) is 0 Å². The zero-order valence-electron chi connectivity index (χ0n) is 15.9. The highest BCUT2D eigenvalue weighted by atomic mass is 127. The van der Waals surface area contributed by atoms with Gasteiger partial charge in [0.15, 0.2) is 0 Å². The van der Waals surface area contributed by atoms with Gasteiger partial charge < -0.3 is 4.57 Å². The van der Waals surface area contributed by atoms with E-state index in [2.05, 4.69) is 31.9 Å². The summed E-state index contributed by atoms with van der Waals surface area (Å²) in [7, 11) is -3.39. The van der Waals surface area contributed by atoms with Crippen LogP contribution in [0, 0.1) is 10.6 Å². The Labute approximate surface area is 177 Å². The van der Waals surface area contributed by atoms with Crippen LogP contribution in [0.4, 0.5) is 14.5 Å². The monoisotopic (exact) mass is 518 g/mol. The summed E-state index contributed by atoms with van der Waals surface area (Å²) < 4.78 is 55.0. The number of anilines is 1. The van der Waals surface area contributed by atoms with E-state index in [4.69, 9.17) is 0 Å². The van der Waals surface area contributed by atoms with Crippen molar-refractivity contribution >= 4 is 49.2 Å². The molecule has 0 aliphatic carbocycles. The Bertz CT molecular complexity index is 1150. The van der Waals surface area contributed by atoms with Gasteiger partial charge in [-0.25, -0.2) is 17.2 Å². The van der Waals surface area contributed by atoms with Crippen molar-refractivity contribution in [3.05, 3.63) is 51.2 Å². The maximum absolute atomic E-state index is 13.1. The predicted molar refractivity (Wildman–Crippen MR) is 119 cm³/mol. The highest BCUT2D eigenvalue weighted by Gasteiger charge is 2.20. The molecule has 1 heterocycles. The van der Waals surface area contributed by atoms with E-state index >= 15 is 0 Å². The number of nitrogens with zero attached hydrogens (tertiary/aromatic N) is 1. The molecule has 4 nitrogen and oxygen atoms in total. The molecule has 0 bridgehead atoms. The van der Waals surface area contributed by atoms with Crippen molar-refractivity contribution in [3.63, 3.8) is 0 Å². The summed E-state index contributed by atoms with van der Waals surface area (Å²) >= 11 is 2.26. The number of aromatic nitrogens is 1. The van der Waals surface area contributed by atoms with Gasteiger partial charge in [-0.15, -0.1) is 0 Å². The quantitative estimate of drug-likeness (QED) is 0.415. The second-order valence-corrected chi connectivity index (χ2v) is 9.88. The molecule has 0 spiro atoms. The van der Waals surface area contributed by atoms with Gasteiger partial charge in [0.05, 0.1) is 21.2 Å². The first-order valence-electron chi connectivity index (χ1n) is 8.70. The lowest BCUT2D eigenvalue weighted by atomic mass is 9.99. The molecular weight excluding hydrogens is 497 g/mol. The number of sulfonamides is 1. The average Bonchev–Trinajstić information content (AvgIpc) is 2.84. The molecule has 3 rings (SSSR count). The SMILES string of the molecule is Cc1cc(-c2c(I)n(C(C)C)c3cc(NS(C)(=O)=O)ccc23)ccc1C(F)F. The van der Waals surface area contributed by atoms with Crippen LogP contribution >= 0.6 is 22.6 Å². The Morgan fingerprint density at radius 1 is 1.11 bits per heavy atom.